The monoisotopic (exact) mass is 162 g/mol. The SMILES string of the molecule is CSCC1COC(=O)NN1. The third-order valence-corrected chi connectivity index (χ3v) is 1.90. The molecule has 1 atom stereocenters. The van der Waals surface area contributed by atoms with E-state index in [2.05, 4.69) is 10.9 Å². The molecule has 0 aliphatic carbocycles. The summed E-state index contributed by atoms with van der Waals surface area (Å²) in [5, 5.41) is 0. The summed E-state index contributed by atoms with van der Waals surface area (Å²) in [6.45, 7) is 0.465. The van der Waals surface area contributed by atoms with E-state index in [1.54, 1.807) is 11.8 Å². The Hall–Kier alpha value is -0.420. The number of hydrogen-bond acceptors (Lipinski definition) is 4. The third kappa shape index (κ3) is 2.07. The molecule has 2 N–H and O–H groups in total. The van der Waals surface area contributed by atoms with Crippen LogP contribution in [-0.4, -0.2) is 30.8 Å². The second-order valence-electron chi connectivity index (χ2n) is 2.02. The number of rotatable bonds is 2. The number of hydrogen-bond donors (Lipinski definition) is 2. The molecule has 0 saturated carbocycles. The predicted octanol–water partition coefficient (Wildman–Crippen LogP) is -0.0376. The molecule has 1 saturated heterocycles. The zero-order valence-corrected chi connectivity index (χ0v) is 6.53. The zero-order valence-electron chi connectivity index (χ0n) is 5.72. The second kappa shape index (κ2) is 3.68. The molecule has 5 heteroatoms. The molecule has 58 valence electrons. The molecule has 10 heavy (non-hydrogen) atoms. The molecule has 1 unspecified atom stereocenters. The van der Waals surface area contributed by atoms with Gasteiger partial charge in [0.1, 0.15) is 6.61 Å². The molecule has 0 aromatic carbocycles. The molecule has 1 amide bonds. The average molecular weight is 162 g/mol. The van der Waals surface area contributed by atoms with E-state index in [1.807, 2.05) is 6.26 Å². The third-order valence-electron chi connectivity index (χ3n) is 1.16. The van der Waals surface area contributed by atoms with E-state index in [0.717, 1.165) is 5.75 Å². The summed E-state index contributed by atoms with van der Waals surface area (Å²) in [5.41, 5.74) is 5.22. The van der Waals surface area contributed by atoms with Gasteiger partial charge in [0.15, 0.2) is 0 Å². The van der Waals surface area contributed by atoms with E-state index >= 15 is 0 Å². The van der Waals surface area contributed by atoms with Crippen LogP contribution in [0.1, 0.15) is 0 Å². The Labute approximate surface area is 63.7 Å². The smallest absolute Gasteiger partial charge is 0.421 e. The molecule has 0 aromatic rings. The lowest BCUT2D eigenvalue weighted by Crippen LogP contribution is -2.53. The summed E-state index contributed by atoms with van der Waals surface area (Å²) >= 11 is 1.72. The van der Waals surface area contributed by atoms with Crippen LogP contribution in [-0.2, 0) is 4.74 Å². The van der Waals surface area contributed by atoms with Crippen LogP contribution < -0.4 is 10.9 Å². The van der Waals surface area contributed by atoms with Gasteiger partial charge in [-0.2, -0.15) is 11.8 Å². The molecule has 1 heterocycles. The molecule has 0 radical (unpaired) electrons. The maximum Gasteiger partial charge on any atom is 0.421 e. The highest BCUT2D eigenvalue weighted by molar-refractivity contribution is 7.98. The fourth-order valence-electron chi connectivity index (χ4n) is 0.706. The molecule has 1 fully saturated rings. The van der Waals surface area contributed by atoms with Gasteiger partial charge in [0.05, 0.1) is 6.04 Å². The minimum atomic E-state index is -0.391. The molecule has 0 spiro atoms. The minimum absolute atomic E-state index is 0.243. The summed E-state index contributed by atoms with van der Waals surface area (Å²) < 4.78 is 4.72. The lowest BCUT2D eigenvalue weighted by molar-refractivity contribution is 0.104. The minimum Gasteiger partial charge on any atom is -0.447 e. The van der Waals surface area contributed by atoms with E-state index in [4.69, 9.17) is 4.74 Å². The summed E-state index contributed by atoms with van der Waals surface area (Å²) in [4.78, 5) is 10.4. The first-order valence-electron chi connectivity index (χ1n) is 3.00. The van der Waals surface area contributed by atoms with Crippen LogP contribution in [0.2, 0.25) is 0 Å². The summed E-state index contributed by atoms with van der Waals surface area (Å²) in [6.07, 6.45) is 1.62. The molecule has 0 aromatic heterocycles. The first kappa shape index (κ1) is 7.68. The highest BCUT2D eigenvalue weighted by Gasteiger charge is 2.16. The topological polar surface area (TPSA) is 50.4 Å². The van der Waals surface area contributed by atoms with Gasteiger partial charge in [-0.15, -0.1) is 0 Å². The summed E-state index contributed by atoms with van der Waals surface area (Å²) in [5.74, 6) is 0.945. The van der Waals surface area contributed by atoms with E-state index in [1.165, 1.54) is 0 Å². The summed E-state index contributed by atoms with van der Waals surface area (Å²) in [7, 11) is 0. The number of thioether (sulfide) groups is 1. The van der Waals surface area contributed by atoms with Crippen LogP contribution in [0.4, 0.5) is 4.79 Å². The van der Waals surface area contributed by atoms with E-state index in [0.29, 0.717) is 6.61 Å². The second-order valence-corrected chi connectivity index (χ2v) is 2.93. The van der Waals surface area contributed by atoms with Crippen LogP contribution in [0.15, 0.2) is 0 Å². The van der Waals surface area contributed by atoms with Gasteiger partial charge in [-0.05, 0) is 6.26 Å². The normalized spacial score (nSPS) is 25.3. The van der Waals surface area contributed by atoms with Crippen molar-refractivity contribution in [2.45, 2.75) is 6.04 Å². The van der Waals surface area contributed by atoms with Crippen LogP contribution in [0.3, 0.4) is 0 Å². The van der Waals surface area contributed by atoms with Gasteiger partial charge in [-0.3, -0.25) is 5.43 Å². The van der Waals surface area contributed by atoms with Crippen molar-refractivity contribution in [2.75, 3.05) is 18.6 Å². The summed E-state index contributed by atoms with van der Waals surface area (Å²) in [6, 6.07) is 0.243. The van der Waals surface area contributed by atoms with Crippen molar-refractivity contribution in [3.8, 4) is 0 Å². The maximum atomic E-state index is 10.4. The Bertz CT molecular complexity index is 121. The largest absolute Gasteiger partial charge is 0.447 e. The van der Waals surface area contributed by atoms with Crippen LogP contribution in [0.25, 0.3) is 0 Å². The first-order valence-corrected chi connectivity index (χ1v) is 4.39. The van der Waals surface area contributed by atoms with Crippen molar-refractivity contribution in [1.29, 1.82) is 0 Å². The van der Waals surface area contributed by atoms with Gasteiger partial charge >= 0.3 is 6.09 Å². The van der Waals surface area contributed by atoms with Crippen molar-refractivity contribution in [3.63, 3.8) is 0 Å². The number of hydrazine groups is 1. The fourth-order valence-corrected chi connectivity index (χ4v) is 1.29. The van der Waals surface area contributed by atoms with Crippen LogP contribution in [0, 0.1) is 0 Å². The number of nitrogens with one attached hydrogen (secondary N) is 2. The van der Waals surface area contributed by atoms with E-state index < -0.39 is 6.09 Å². The first-order chi connectivity index (χ1) is 4.83. The Kier molecular flexibility index (Phi) is 2.82. The number of carbonyl (C=O) groups excluding carboxylic acids is 1. The van der Waals surface area contributed by atoms with Gasteiger partial charge in [0.2, 0.25) is 0 Å². The lowest BCUT2D eigenvalue weighted by atomic mass is 10.4. The Morgan fingerprint density at radius 3 is 3.20 bits per heavy atom. The molecular weight excluding hydrogens is 152 g/mol. The lowest BCUT2D eigenvalue weighted by Gasteiger charge is -2.22. The molecule has 1 aliphatic rings. The van der Waals surface area contributed by atoms with Crippen molar-refractivity contribution in [2.24, 2.45) is 0 Å². The number of ether oxygens (including phenoxy) is 1. The van der Waals surface area contributed by atoms with Gasteiger partial charge in [-0.25, -0.2) is 10.2 Å². The van der Waals surface area contributed by atoms with E-state index in [9.17, 15) is 4.79 Å². The molecular formula is C5H10N2O2S. The zero-order chi connectivity index (χ0) is 7.40. The molecule has 0 bridgehead atoms. The van der Waals surface area contributed by atoms with Crippen molar-refractivity contribution in [3.05, 3.63) is 0 Å². The number of carbonyl (C=O) groups is 1. The number of cyclic esters (lactones) is 1. The van der Waals surface area contributed by atoms with Gasteiger partial charge in [-0.1, -0.05) is 0 Å². The molecule has 1 rings (SSSR count). The highest BCUT2D eigenvalue weighted by atomic mass is 32.2. The van der Waals surface area contributed by atoms with Gasteiger partial charge in [0.25, 0.3) is 0 Å². The maximum absolute atomic E-state index is 10.4. The standard InChI is InChI=1S/C5H10N2O2S/c1-10-3-4-2-9-5(8)7-6-4/h4,6H,2-3H2,1H3,(H,7,8). The molecule has 4 nitrogen and oxygen atoms in total. The Morgan fingerprint density at radius 2 is 2.70 bits per heavy atom. The van der Waals surface area contributed by atoms with Crippen molar-refractivity contribution < 1.29 is 9.53 Å². The van der Waals surface area contributed by atoms with Crippen molar-refractivity contribution >= 4 is 17.9 Å². The quantitative estimate of drug-likeness (QED) is 0.598. The van der Waals surface area contributed by atoms with Crippen LogP contribution in [0.5, 0.6) is 0 Å². The predicted molar refractivity (Wildman–Crippen MR) is 39.8 cm³/mol. The fraction of sp³-hybridized carbons (Fsp3) is 0.800. The molecule has 1 aliphatic heterocycles. The average Bonchev–Trinajstić information content (AvgIpc) is 1.95. The highest BCUT2D eigenvalue weighted by Crippen LogP contribution is 1.99. The van der Waals surface area contributed by atoms with Crippen molar-refractivity contribution in [1.82, 2.24) is 10.9 Å². The Balaban J connectivity index is 2.19. The van der Waals surface area contributed by atoms with Crippen LogP contribution >= 0.6 is 11.8 Å². The Morgan fingerprint density at radius 1 is 1.90 bits per heavy atom. The van der Waals surface area contributed by atoms with Gasteiger partial charge in [0, 0.05) is 5.75 Å². The van der Waals surface area contributed by atoms with Gasteiger partial charge < -0.3 is 4.74 Å². The number of amides is 1. The van der Waals surface area contributed by atoms with E-state index in [-0.39, 0.29) is 6.04 Å².